The monoisotopic (exact) mass is 298 g/mol. The Balaban J connectivity index is 2.43. The minimum absolute atomic E-state index is 0.0241. The van der Waals surface area contributed by atoms with Crippen LogP contribution in [0.3, 0.4) is 0 Å². The third-order valence-electron chi connectivity index (χ3n) is 2.63. The number of H-pyrrole nitrogens is 1. The normalized spacial score (nSPS) is 11.5. The van der Waals surface area contributed by atoms with Gasteiger partial charge in [-0.05, 0) is 23.8 Å². The third-order valence-corrected chi connectivity index (χ3v) is 3.85. The lowest BCUT2D eigenvalue weighted by Crippen LogP contribution is -2.12. The van der Waals surface area contributed by atoms with Gasteiger partial charge in [0, 0.05) is 11.3 Å². The van der Waals surface area contributed by atoms with Crippen LogP contribution in [-0.2, 0) is 15.9 Å². The van der Waals surface area contributed by atoms with Gasteiger partial charge in [-0.3, -0.25) is 4.79 Å². The molecule has 0 fully saturated rings. The largest absolute Gasteiger partial charge is 0.322 e. The highest BCUT2D eigenvalue weighted by Gasteiger charge is 2.08. The molecule has 1 aromatic carbocycles. The van der Waals surface area contributed by atoms with E-state index in [0.717, 1.165) is 0 Å². The number of halogens is 1. The predicted molar refractivity (Wildman–Crippen MR) is 73.4 cm³/mol. The van der Waals surface area contributed by atoms with Crippen LogP contribution in [0.25, 0.3) is 11.3 Å². The molecule has 0 spiro atoms. The summed E-state index contributed by atoms with van der Waals surface area (Å²) in [5, 5.41) is 5.01. The molecule has 1 heterocycles. The fraction of sp³-hybridized carbons (Fsp3) is 0.0833. The van der Waals surface area contributed by atoms with Gasteiger partial charge in [0.15, 0.2) is 0 Å². The molecule has 100 valence electrons. The second kappa shape index (κ2) is 5.16. The molecule has 0 atom stereocenters. The average molecular weight is 299 g/mol. The molecule has 0 unspecified atom stereocenters. The maximum Gasteiger partial charge on any atom is 0.252 e. The lowest BCUT2D eigenvalue weighted by molar-refractivity contribution is 0.598. The molecular weight excluding hydrogens is 288 g/mol. The van der Waals surface area contributed by atoms with Crippen LogP contribution >= 0.6 is 11.6 Å². The summed E-state index contributed by atoms with van der Waals surface area (Å²) in [5.41, 5.74) is 1.49. The fourth-order valence-electron chi connectivity index (χ4n) is 1.60. The Labute approximate surface area is 115 Å². The van der Waals surface area contributed by atoms with Crippen molar-refractivity contribution in [3.05, 3.63) is 52.3 Å². The third kappa shape index (κ3) is 3.04. The summed E-state index contributed by atoms with van der Waals surface area (Å²) < 4.78 is 22.2. The van der Waals surface area contributed by atoms with Crippen LogP contribution in [0.2, 0.25) is 0 Å². The maximum atomic E-state index is 11.6. The Morgan fingerprint density at radius 3 is 2.21 bits per heavy atom. The van der Waals surface area contributed by atoms with Gasteiger partial charge in [0.2, 0.25) is 10.0 Å². The van der Waals surface area contributed by atoms with Crippen molar-refractivity contribution in [2.24, 2.45) is 5.14 Å². The number of pyridine rings is 1. The van der Waals surface area contributed by atoms with Crippen LogP contribution in [-0.4, -0.2) is 13.4 Å². The number of aromatic nitrogens is 1. The Bertz CT molecular complexity index is 751. The van der Waals surface area contributed by atoms with Crippen molar-refractivity contribution in [1.82, 2.24) is 4.98 Å². The van der Waals surface area contributed by atoms with Gasteiger partial charge in [0.05, 0.1) is 10.8 Å². The number of hydrogen-bond donors (Lipinski definition) is 2. The van der Waals surface area contributed by atoms with Gasteiger partial charge < -0.3 is 4.98 Å². The topological polar surface area (TPSA) is 93.0 Å². The van der Waals surface area contributed by atoms with Gasteiger partial charge in [-0.2, -0.15) is 0 Å². The van der Waals surface area contributed by atoms with Crippen LogP contribution < -0.4 is 10.7 Å². The van der Waals surface area contributed by atoms with Crippen molar-refractivity contribution in [3.8, 4) is 11.3 Å². The van der Waals surface area contributed by atoms with E-state index in [1.54, 1.807) is 24.3 Å². The van der Waals surface area contributed by atoms with Crippen LogP contribution in [0.1, 0.15) is 5.56 Å². The smallest absolute Gasteiger partial charge is 0.252 e. The van der Waals surface area contributed by atoms with Crippen LogP contribution in [0, 0.1) is 0 Å². The lowest BCUT2D eigenvalue weighted by Gasteiger charge is -2.04. The second-order valence-corrected chi connectivity index (χ2v) is 5.76. The predicted octanol–water partition coefficient (Wildman–Crippen LogP) is 1.43. The fourth-order valence-corrected chi connectivity index (χ4v) is 2.33. The maximum absolute atomic E-state index is 11.6. The molecule has 2 aromatic rings. The molecule has 3 N–H and O–H groups in total. The number of rotatable bonds is 3. The molecule has 5 nitrogen and oxygen atoms in total. The second-order valence-electron chi connectivity index (χ2n) is 3.93. The molecule has 7 heteroatoms. The van der Waals surface area contributed by atoms with E-state index in [9.17, 15) is 13.2 Å². The molecule has 0 aliphatic heterocycles. The van der Waals surface area contributed by atoms with Crippen molar-refractivity contribution in [3.63, 3.8) is 0 Å². The number of nitrogens with one attached hydrogen (secondary N) is 1. The van der Waals surface area contributed by atoms with E-state index in [1.807, 2.05) is 0 Å². The van der Waals surface area contributed by atoms with E-state index in [1.165, 1.54) is 12.1 Å². The molecule has 1 aromatic heterocycles. The van der Waals surface area contributed by atoms with E-state index in [2.05, 4.69) is 4.98 Å². The van der Waals surface area contributed by atoms with Gasteiger partial charge in [-0.15, -0.1) is 11.6 Å². The number of nitrogens with two attached hydrogens (primary N) is 1. The standard InChI is InChI=1S/C12H11ClN2O3S/c13-7-9-3-6-11(15-12(9)16)8-1-4-10(5-2-8)19(14,17)18/h1-6H,7H2,(H,15,16)(H2,14,17,18). The van der Waals surface area contributed by atoms with Crippen LogP contribution in [0.5, 0.6) is 0 Å². The molecule has 0 saturated carbocycles. The first-order valence-corrected chi connectivity index (χ1v) is 7.41. The van der Waals surface area contributed by atoms with E-state index < -0.39 is 10.0 Å². The summed E-state index contributed by atoms with van der Waals surface area (Å²) in [5.74, 6) is 0.139. The molecule has 0 aliphatic rings. The number of hydrogen-bond acceptors (Lipinski definition) is 3. The summed E-state index contributed by atoms with van der Waals surface area (Å²) in [4.78, 5) is 14.3. The minimum Gasteiger partial charge on any atom is -0.322 e. The number of benzene rings is 1. The average Bonchev–Trinajstić information content (AvgIpc) is 2.38. The molecule has 19 heavy (non-hydrogen) atoms. The van der Waals surface area contributed by atoms with Gasteiger partial charge in [-0.1, -0.05) is 18.2 Å². The van der Waals surface area contributed by atoms with Crippen LogP contribution in [0.15, 0.2) is 46.1 Å². The Morgan fingerprint density at radius 1 is 1.11 bits per heavy atom. The van der Waals surface area contributed by atoms with Gasteiger partial charge in [0.1, 0.15) is 0 Å². The zero-order valence-corrected chi connectivity index (χ0v) is 11.3. The lowest BCUT2D eigenvalue weighted by atomic mass is 10.1. The zero-order valence-electron chi connectivity index (χ0n) is 9.76. The molecule has 0 saturated heterocycles. The Hall–Kier alpha value is -1.63. The minimum atomic E-state index is -3.71. The molecular formula is C12H11ClN2O3S. The Morgan fingerprint density at radius 2 is 1.74 bits per heavy atom. The number of aromatic amines is 1. The van der Waals surface area contributed by atoms with Crippen molar-refractivity contribution in [2.75, 3.05) is 0 Å². The van der Waals surface area contributed by atoms with Crippen LogP contribution in [0.4, 0.5) is 0 Å². The van der Waals surface area contributed by atoms with E-state index in [0.29, 0.717) is 16.8 Å². The van der Waals surface area contributed by atoms with Crippen molar-refractivity contribution in [1.29, 1.82) is 0 Å². The summed E-state index contributed by atoms with van der Waals surface area (Å²) in [7, 11) is -3.71. The van der Waals surface area contributed by atoms with E-state index in [-0.39, 0.29) is 16.3 Å². The molecule has 0 radical (unpaired) electrons. The first kappa shape index (κ1) is 13.8. The molecule has 0 bridgehead atoms. The number of alkyl halides is 1. The van der Waals surface area contributed by atoms with Crippen molar-refractivity contribution < 1.29 is 8.42 Å². The highest BCUT2D eigenvalue weighted by atomic mass is 35.5. The van der Waals surface area contributed by atoms with Gasteiger partial charge in [0.25, 0.3) is 5.56 Å². The van der Waals surface area contributed by atoms with Gasteiger partial charge >= 0.3 is 0 Å². The number of sulfonamides is 1. The summed E-state index contributed by atoms with van der Waals surface area (Å²) in [6.07, 6.45) is 0. The number of primary sulfonamides is 1. The molecule has 0 amide bonds. The summed E-state index contributed by atoms with van der Waals surface area (Å²) >= 11 is 5.60. The zero-order chi connectivity index (χ0) is 14.0. The quantitative estimate of drug-likeness (QED) is 0.839. The molecule has 2 rings (SSSR count). The SMILES string of the molecule is NS(=O)(=O)c1ccc(-c2ccc(CCl)c(=O)[nH]2)cc1. The molecule has 0 aliphatic carbocycles. The summed E-state index contributed by atoms with van der Waals surface area (Å²) in [6, 6.07) is 9.27. The highest BCUT2D eigenvalue weighted by molar-refractivity contribution is 7.89. The Kier molecular flexibility index (Phi) is 3.75. The highest BCUT2D eigenvalue weighted by Crippen LogP contribution is 2.18. The first-order chi connectivity index (χ1) is 8.91. The van der Waals surface area contributed by atoms with Crippen molar-refractivity contribution in [2.45, 2.75) is 10.8 Å². The van der Waals surface area contributed by atoms with E-state index in [4.69, 9.17) is 16.7 Å². The first-order valence-electron chi connectivity index (χ1n) is 5.33. The van der Waals surface area contributed by atoms with E-state index >= 15 is 0 Å². The van der Waals surface area contributed by atoms with Gasteiger partial charge in [-0.25, -0.2) is 13.6 Å². The summed E-state index contributed by atoms with van der Waals surface area (Å²) in [6.45, 7) is 0. The van der Waals surface area contributed by atoms with Crippen molar-refractivity contribution >= 4 is 21.6 Å².